The molecule has 1 aromatic carbocycles. The Bertz CT molecular complexity index is 660. The minimum atomic E-state index is -3.17. The summed E-state index contributed by atoms with van der Waals surface area (Å²) in [6.45, 7) is 2.85. The van der Waals surface area contributed by atoms with Gasteiger partial charge >= 0.3 is 0 Å². The van der Waals surface area contributed by atoms with Crippen LogP contribution in [0.3, 0.4) is 0 Å². The Labute approximate surface area is 148 Å². The molecule has 6 nitrogen and oxygen atoms in total. The van der Waals surface area contributed by atoms with Crippen molar-refractivity contribution < 1.29 is 12.8 Å². The van der Waals surface area contributed by atoms with E-state index < -0.39 is 16.0 Å². The zero-order valence-corrected chi connectivity index (χ0v) is 15.3. The van der Waals surface area contributed by atoms with Gasteiger partial charge in [-0.3, -0.25) is 10.6 Å². The van der Waals surface area contributed by atoms with Crippen molar-refractivity contribution in [3.8, 4) is 0 Å². The number of piperazine rings is 1. The molecule has 8 heteroatoms. The van der Waals surface area contributed by atoms with Crippen molar-refractivity contribution in [2.75, 3.05) is 32.4 Å². The SMILES string of the molecule is CS(=O)(=O)c1ccc(C2CNCC(NCC3CCC(F)CN3)N2)cc1. The van der Waals surface area contributed by atoms with Crippen LogP contribution in [0.25, 0.3) is 0 Å². The van der Waals surface area contributed by atoms with E-state index in [0.717, 1.165) is 31.6 Å². The summed E-state index contributed by atoms with van der Waals surface area (Å²) >= 11 is 0. The van der Waals surface area contributed by atoms with Crippen molar-refractivity contribution in [1.29, 1.82) is 0 Å². The summed E-state index contributed by atoms with van der Waals surface area (Å²) in [7, 11) is -3.17. The first-order chi connectivity index (χ1) is 11.9. The van der Waals surface area contributed by atoms with Gasteiger partial charge in [0.25, 0.3) is 0 Å². The minimum absolute atomic E-state index is 0.120. The summed E-state index contributed by atoms with van der Waals surface area (Å²) in [6.07, 6.45) is 2.10. The molecule has 0 amide bonds. The number of nitrogens with one attached hydrogen (secondary N) is 4. The molecule has 0 saturated carbocycles. The maximum atomic E-state index is 13.2. The third-order valence-corrected chi connectivity index (χ3v) is 6.01. The maximum absolute atomic E-state index is 13.2. The third-order valence-electron chi connectivity index (χ3n) is 4.88. The average Bonchev–Trinajstić information content (AvgIpc) is 2.61. The van der Waals surface area contributed by atoms with Gasteiger partial charge in [0.15, 0.2) is 9.84 Å². The van der Waals surface area contributed by atoms with Crippen LogP contribution in [-0.4, -0.2) is 59.2 Å². The Kier molecular flexibility index (Phi) is 6.06. The number of halogens is 1. The van der Waals surface area contributed by atoms with Crippen molar-refractivity contribution in [2.45, 2.75) is 42.2 Å². The molecule has 0 aromatic heterocycles. The Morgan fingerprint density at radius 1 is 1.16 bits per heavy atom. The lowest BCUT2D eigenvalue weighted by Gasteiger charge is -2.34. The molecule has 0 aliphatic carbocycles. The molecular formula is C17H27FN4O2S. The Morgan fingerprint density at radius 2 is 1.92 bits per heavy atom. The Hall–Kier alpha value is -1.06. The molecule has 140 valence electrons. The monoisotopic (exact) mass is 370 g/mol. The molecule has 2 heterocycles. The third kappa shape index (κ3) is 5.21. The highest BCUT2D eigenvalue weighted by atomic mass is 32.2. The molecule has 1 aromatic rings. The van der Waals surface area contributed by atoms with Crippen LogP contribution in [0.5, 0.6) is 0 Å². The largest absolute Gasteiger partial charge is 0.312 e. The number of benzene rings is 1. The fraction of sp³-hybridized carbons (Fsp3) is 0.647. The molecule has 4 atom stereocenters. The van der Waals surface area contributed by atoms with Crippen molar-refractivity contribution in [3.63, 3.8) is 0 Å². The van der Waals surface area contributed by atoms with Gasteiger partial charge in [0.2, 0.25) is 0 Å². The lowest BCUT2D eigenvalue weighted by atomic mass is 10.0. The molecule has 0 spiro atoms. The number of piperidine rings is 1. The van der Waals surface area contributed by atoms with Crippen molar-refractivity contribution in [3.05, 3.63) is 29.8 Å². The second kappa shape index (κ2) is 8.09. The molecule has 0 bridgehead atoms. The van der Waals surface area contributed by atoms with Gasteiger partial charge < -0.3 is 10.6 Å². The van der Waals surface area contributed by atoms with E-state index in [1.165, 1.54) is 6.26 Å². The highest BCUT2D eigenvalue weighted by Gasteiger charge is 2.24. The standard InChI is InChI=1S/C17H27FN4O2S/c1-25(23,24)15-6-2-12(3-7-15)16-10-19-11-17(22-16)21-9-14-5-4-13(18)8-20-14/h2-3,6-7,13-14,16-17,19-22H,4-5,8-11H2,1H3. The van der Waals surface area contributed by atoms with Crippen molar-refractivity contribution in [1.82, 2.24) is 21.3 Å². The molecule has 2 aliphatic rings. The number of hydrogen-bond donors (Lipinski definition) is 4. The second-order valence-electron chi connectivity index (χ2n) is 6.96. The fourth-order valence-electron chi connectivity index (χ4n) is 3.36. The van der Waals surface area contributed by atoms with Crippen LogP contribution < -0.4 is 21.3 Å². The second-order valence-corrected chi connectivity index (χ2v) is 8.98. The van der Waals surface area contributed by atoms with Gasteiger partial charge in [0.05, 0.1) is 11.1 Å². The topological polar surface area (TPSA) is 82.3 Å². The van der Waals surface area contributed by atoms with Crippen LogP contribution in [0, 0.1) is 0 Å². The zero-order chi connectivity index (χ0) is 17.9. The van der Waals surface area contributed by atoms with E-state index in [2.05, 4.69) is 21.3 Å². The highest BCUT2D eigenvalue weighted by molar-refractivity contribution is 7.90. The summed E-state index contributed by atoms with van der Waals surface area (Å²) < 4.78 is 36.3. The van der Waals surface area contributed by atoms with E-state index in [1.54, 1.807) is 12.1 Å². The Morgan fingerprint density at radius 3 is 2.56 bits per heavy atom. The quantitative estimate of drug-likeness (QED) is 0.598. The fourth-order valence-corrected chi connectivity index (χ4v) is 4.00. The lowest BCUT2D eigenvalue weighted by Crippen LogP contribution is -2.59. The summed E-state index contributed by atoms with van der Waals surface area (Å²) in [5.41, 5.74) is 1.06. The lowest BCUT2D eigenvalue weighted by molar-refractivity contribution is 0.219. The number of rotatable bonds is 5. The summed E-state index contributed by atoms with van der Waals surface area (Å²) in [5.74, 6) is 0. The van der Waals surface area contributed by atoms with E-state index in [-0.39, 0.29) is 12.2 Å². The minimum Gasteiger partial charge on any atom is -0.312 e. The molecule has 25 heavy (non-hydrogen) atoms. The molecule has 4 unspecified atom stereocenters. The van der Waals surface area contributed by atoms with Gasteiger partial charge in [0.1, 0.15) is 6.17 Å². The highest BCUT2D eigenvalue weighted by Crippen LogP contribution is 2.18. The predicted molar refractivity (Wildman–Crippen MR) is 96.0 cm³/mol. The van der Waals surface area contributed by atoms with Crippen molar-refractivity contribution >= 4 is 9.84 Å². The smallest absolute Gasteiger partial charge is 0.175 e. The van der Waals surface area contributed by atoms with Gasteiger partial charge in [-0.25, -0.2) is 12.8 Å². The molecule has 4 N–H and O–H groups in total. The average molecular weight is 370 g/mol. The normalized spacial score (nSPS) is 31.0. The Balaban J connectivity index is 1.52. The summed E-state index contributed by atoms with van der Waals surface area (Å²) in [5, 5.41) is 13.7. The molecular weight excluding hydrogens is 343 g/mol. The van der Waals surface area contributed by atoms with E-state index in [9.17, 15) is 12.8 Å². The molecule has 2 aliphatic heterocycles. The van der Waals surface area contributed by atoms with Crippen LogP contribution in [0.15, 0.2) is 29.2 Å². The van der Waals surface area contributed by atoms with Crippen LogP contribution >= 0.6 is 0 Å². The number of alkyl halides is 1. The first-order valence-electron chi connectivity index (χ1n) is 8.79. The van der Waals surface area contributed by atoms with Gasteiger partial charge in [0, 0.05) is 44.5 Å². The van der Waals surface area contributed by atoms with Crippen LogP contribution in [-0.2, 0) is 9.84 Å². The van der Waals surface area contributed by atoms with Gasteiger partial charge in [-0.15, -0.1) is 0 Å². The van der Waals surface area contributed by atoms with Gasteiger partial charge in [-0.1, -0.05) is 12.1 Å². The van der Waals surface area contributed by atoms with E-state index in [4.69, 9.17) is 0 Å². The van der Waals surface area contributed by atoms with Crippen LogP contribution in [0.2, 0.25) is 0 Å². The molecule has 3 rings (SSSR count). The van der Waals surface area contributed by atoms with Crippen LogP contribution in [0.1, 0.15) is 24.4 Å². The maximum Gasteiger partial charge on any atom is 0.175 e. The number of hydrogen-bond acceptors (Lipinski definition) is 6. The van der Waals surface area contributed by atoms with E-state index >= 15 is 0 Å². The van der Waals surface area contributed by atoms with Crippen LogP contribution in [0.4, 0.5) is 4.39 Å². The van der Waals surface area contributed by atoms with Crippen molar-refractivity contribution in [2.24, 2.45) is 0 Å². The van der Waals surface area contributed by atoms with E-state index in [1.807, 2.05) is 12.1 Å². The number of sulfone groups is 1. The molecule has 0 radical (unpaired) electrons. The predicted octanol–water partition coefficient (Wildman–Crippen LogP) is 0.330. The van der Waals surface area contributed by atoms with Gasteiger partial charge in [-0.2, -0.15) is 0 Å². The molecule has 2 saturated heterocycles. The zero-order valence-electron chi connectivity index (χ0n) is 14.5. The molecule has 2 fully saturated rings. The van der Waals surface area contributed by atoms with E-state index in [0.29, 0.717) is 23.9 Å². The van der Waals surface area contributed by atoms with Gasteiger partial charge in [-0.05, 0) is 30.5 Å². The summed E-state index contributed by atoms with van der Waals surface area (Å²) in [4.78, 5) is 0.337. The summed E-state index contributed by atoms with van der Waals surface area (Å²) in [6, 6.07) is 7.47. The first-order valence-corrected chi connectivity index (χ1v) is 10.7. The first kappa shape index (κ1) is 18.7.